The van der Waals surface area contributed by atoms with Crippen molar-refractivity contribution < 1.29 is 23.9 Å². The highest BCUT2D eigenvalue weighted by atomic mass is 16.6. The van der Waals surface area contributed by atoms with Crippen molar-refractivity contribution in [2.75, 3.05) is 27.2 Å². The summed E-state index contributed by atoms with van der Waals surface area (Å²) >= 11 is 0. The Morgan fingerprint density at radius 3 is 1.96 bits per heavy atom. The molecule has 0 aliphatic carbocycles. The second-order valence-corrected chi connectivity index (χ2v) is 4.98. The lowest BCUT2D eigenvalue weighted by Crippen LogP contribution is -2.30. The maximum absolute atomic E-state index is 11.9. The number of hydrogen-bond acceptors (Lipinski definition) is 5. The normalized spacial score (nSPS) is 9.96. The van der Waals surface area contributed by atoms with Gasteiger partial charge in [-0.1, -0.05) is 0 Å². The molecular formula is C16H22N2O5. The minimum Gasteiger partial charge on any atom is -0.410 e. The molecule has 0 saturated heterocycles. The third kappa shape index (κ3) is 4.98. The van der Waals surface area contributed by atoms with E-state index in [1.165, 1.54) is 34.9 Å². The smallest absolute Gasteiger partial charge is 0.410 e. The molecule has 0 N–H and O–H groups in total. The lowest BCUT2D eigenvalue weighted by molar-refractivity contribution is 0.101. The molecule has 0 atom stereocenters. The van der Waals surface area contributed by atoms with Crippen LogP contribution in [0.25, 0.3) is 0 Å². The van der Waals surface area contributed by atoms with Crippen molar-refractivity contribution in [1.82, 2.24) is 9.80 Å². The van der Waals surface area contributed by atoms with Crippen molar-refractivity contribution in [1.29, 1.82) is 0 Å². The van der Waals surface area contributed by atoms with Crippen LogP contribution in [0.3, 0.4) is 0 Å². The zero-order valence-electron chi connectivity index (χ0n) is 14.1. The molecule has 0 bridgehead atoms. The Morgan fingerprint density at radius 1 is 0.957 bits per heavy atom. The van der Waals surface area contributed by atoms with E-state index in [-0.39, 0.29) is 22.8 Å². The van der Waals surface area contributed by atoms with Gasteiger partial charge in [-0.3, -0.25) is 4.79 Å². The first-order valence-electron chi connectivity index (χ1n) is 7.31. The predicted octanol–water partition coefficient (Wildman–Crippen LogP) is 2.79. The van der Waals surface area contributed by atoms with Crippen LogP contribution in [0.5, 0.6) is 11.5 Å². The Hall–Kier alpha value is -2.57. The average molecular weight is 322 g/mol. The van der Waals surface area contributed by atoms with E-state index in [1.54, 1.807) is 21.0 Å². The fourth-order valence-corrected chi connectivity index (χ4v) is 1.55. The van der Waals surface area contributed by atoms with Crippen LogP contribution in [0.2, 0.25) is 0 Å². The van der Waals surface area contributed by atoms with Crippen LogP contribution in [-0.2, 0) is 0 Å². The van der Waals surface area contributed by atoms with Crippen molar-refractivity contribution in [2.24, 2.45) is 0 Å². The van der Waals surface area contributed by atoms with Gasteiger partial charge in [-0.2, -0.15) is 0 Å². The first kappa shape index (κ1) is 18.5. The number of benzene rings is 1. The predicted molar refractivity (Wildman–Crippen MR) is 85.1 cm³/mol. The van der Waals surface area contributed by atoms with Gasteiger partial charge in [0.05, 0.1) is 5.56 Å². The van der Waals surface area contributed by atoms with E-state index < -0.39 is 12.2 Å². The number of Topliss-reactive ketones (excluding diaryl/α,β-unsaturated/α-hetero) is 1. The molecule has 0 aliphatic heterocycles. The molecule has 0 aromatic heterocycles. The fraction of sp³-hybridized carbons (Fsp3) is 0.438. The second-order valence-electron chi connectivity index (χ2n) is 4.98. The van der Waals surface area contributed by atoms with E-state index in [4.69, 9.17) is 9.47 Å². The average Bonchev–Trinajstić information content (AvgIpc) is 2.52. The van der Waals surface area contributed by atoms with Crippen LogP contribution in [0, 0.1) is 0 Å². The molecule has 2 amide bonds. The van der Waals surface area contributed by atoms with Gasteiger partial charge >= 0.3 is 12.2 Å². The standard InChI is InChI=1S/C16H22N2O5/c1-6-17(4)15(20)22-12-8-9-13(11(3)19)14(10-12)23-16(21)18(5)7-2/h8-10H,6-7H2,1-5H3. The Balaban J connectivity index is 3.05. The van der Waals surface area contributed by atoms with E-state index in [1.807, 2.05) is 6.92 Å². The molecule has 1 aromatic carbocycles. The van der Waals surface area contributed by atoms with E-state index in [9.17, 15) is 14.4 Å². The van der Waals surface area contributed by atoms with Crippen LogP contribution in [0.4, 0.5) is 9.59 Å². The number of carbonyl (C=O) groups excluding carboxylic acids is 3. The lowest BCUT2D eigenvalue weighted by atomic mass is 10.1. The number of amides is 2. The minimum absolute atomic E-state index is 0.0623. The van der Waals surface area contributed by atoms with Gasteiger partial charge in [0.15, 0.2) is 5.78 Å². The summed E-state index contributed by atoms with van der Waals surface area (Å²) in [7, 11) is 3.18. The molecule has 0 saturated carbocycles. The van der Waals surface area contributed by atoms with Gasteiger partial charge in [-0.15, -0.1) is 0 Å². The Kier molecular flexibility index (Phi) is 6.56. The Bertz CT molecular complexity index is 600. The highest BCUT2D eigenvalue weighted by Crippen LogP contribution is 2.26. The van der Waals surface area contributed by atoms with Gasteiger partial charge < -0.3 is 19.3 Å². The van der Waals surface area contributed by atoms with Gasteiger partial charge in [0, 0.05) is 33.3 Å². The summed E-state index contributed by atoms with van der Waals surface area (Å²) < 4.78 is 10.4. The van der Waals surface area contributed by atoms with Gasteiger partial charge in [0.2, 0.25) is 0 Å². The van der Waals surface area contributed by atoms with Crippen molar-refractivity contribution in [3.63, 3.8) is 0 Å². The first-order chi connectivity index (χ1) is 10.8. The number of rotatable bonds is 5. The summed E-state index contributed by atoms with van der Waals surface area (Å²) in [4.78, 5) is 38.0. The van der Waals surface area contributed by atoms with Crippen LogP contribution in [0.1, 0.15) is 31.1 Å². The van der Waals surface area contributed by atoms with Gasteiger partial charge in [0.1, 0.15) is 11.5 Å². The monoisotopic (exact) mass is 322 g/mol. The lowest BCUT2D eigenvalue weighted by Gasteiger charge is -2.17. The van der Waals surface area contributed by atoms with Crippen molar-refractivity contribution in [2.45, 2.75) is 20.8 Å². The molecule has 23 heavy (non-hydrogen) atoms. The molecule has 0 aliphatic rings. The summed E-state index contributed by atoms with van der Waals surface area (Å²) in [5, 5.41) is 0. The van der Waals surface area contributed by atoms with E-state index in [0.29, 0.717) is 13.1 Å². The molecule has 7 nitrogen and oxygen atoms in total. The van der Waals surface area contributed by atoms with Gasteiger partial charge in [0.25, 0.3) is 0 Å². The number of hydrogen-bond donors (Lipinski definition) is 0. The molecule has 7 heteroatoms. The molecule has 126 valence electrons. The van der Waals surface area contributed by atoms with Crippen molar-refractivity contribution >= 4 is 18.0 Å². The summed E-state index contributed by atoms with van der Waals surface area (Å²) in [5.74, 6) is 0.00464. The van der Waals surface area contributed by atoms with Crippen molar-refractivity contribution in [3.05, 3.63) is 23.8 Å². The Labute approximate surface area is 135 Å². The summed E-state index contributed by atoms with van der Waals surface area (Å²) in [6.45, 7) is 5.93. The van der Waals surface area contributed by atoms with E-state index >= 15 is 0 Å². The SMILES string of the molecule is CCN(C)C(=O)Oc1ccc(C(C)=O)c(OC(=O)N(C)CC)c1. The van der Waals surface area contributed by atoms with Crippen LogP contribution >= 0.6 is 0 Å². The molecule has 0 spiro atoms. The topological polar surface area (TPSA) is 76.1 Å². The third-order valence-electron chi connectivity index (χ3n) is 3.31. The molecular weight excluding hydrogens is 300 g/mol. The molecule has 0 fully saturated rings. The first-order valence-corrected chi connectivity index (χ1v) is 7.31. The van der Waals surface area contributed by atoms with Crippen LogP contribution < -0.4 is 9.47 Å². The molecule has 0 heterocycles. The Morgan fingerprint density at radius 2 is 1.48 bits per heavy atom. The number of carbonyl (C=O) groups is 3. The number of ketones is 1. The molecule has 1 rings (SSSR count). The molecule has 1 aromatic rings. The fourth-order valence-electron chi connectivity index (χ4n) is 1.55. The maximum Gasteiger partial charge on any atom is 0.414 e. The number of ether oxygens (including phenoxy) is 2. The second kappa shape index (κ2) is 8.17. The van der Waals surface area contributed by atoms with Gasteiger partial charge in [-0.05, 0) is 32.9 Å². The molecule has 0 radical (unpaired) electrons. The minimum atomic E-state index is -0.593. The van der Waals surface area contributed by atoms with E-state index in [2.05, 4.69) is 0 Å². The zero-order valence-corrected chi connectivity index (χ0v) is 14.1. The van der Waals surface area contributed by atoms with Crippen LogP contribution in [0.15, 0.2) is 18.2 Å². The quantitative estimate of drug-likeness (QED) is 0.779. The number of nitrogens with zero attached hydrogens (tertiary/aromatic N) is 2. The van der Waals surface area contributed by atoms with E-state index in [0.717, 1.165) is 0 Å². The maximum atomic E-state index is 11.9. The zero-order chi connectivity index (χ0) is 17.6. The van der Waals surface area contributed by atoms with Gasteiger partial charge in [-0.25, -0.2) is 9.59 Å². The summed E-state index contributed by atoms with van der Waals surface area (Å²) in [6.07, 6.45) is -1.13. The van der Waals surface area contributed by atoms with Crippen LogP contribution in [-0.4, -0.2) is 55.0 Å². The molecule has 0 unspecified atom stereocenters. The summed E-state index contributed by atoms with van der Waals surface area (Å²) in [5.41, 5.74) is 0.242. The third-order valence-corrected chi connectivity index (χ3v) is 3.31. The summed E-state index contributed by atoms with van der Waals surface area (Å²) in [6, 6.07) is 4.31. The largest absolute Gasteiger partial charge is 0.414 e. The highest BCUT2D eigenvalue weighted by Gasteiger charge is 2.17. The highest BCUT2D eigenvalue weighted by molar-refractivity contribution is 5.97. The van der Waals surface area contributed by atoms with Crippen molar-refractivity contribution in [3.8, 4) is 11.5 Å².